The van der Waals surface area contributed by atoms with Crippen LogP contribution in [0.2, 0.25) is 0 Å². The number of hydrazine groups is 1. The van der Waals surface area contributed by atoms with Crippen molar-refractivity contribution in [2.24, 2.45) is 18.8 Å². The van der Waals surface area contributed by atoms with Crippen LogP contribution in [0.3, 0.4) is 0 Å². The van der Waals surface area contributed by atoms with Gasteiger partial charge in [0.1, 0.15) is 0 Å². The number of nitrogens with one attached hydrogen (secondary N) is 1. The van der Waals surface area contributed by atoms with Gasteiger partial charge < -0.3 is 0 Å². The van der Waals surface area contributed by atoms with Crippen LogP contribution < -0.4 is 11.3 Å². The summed E-state index contributed by atoms with van der Waals surface area (Å²) in [5.41, 5.74) is 5.29. The van der Waals surface area contributed by atoms with Crippen LogP contribution >= 0.6 is 0 Å². The molecule has 4 nitrogen and oxygen atoms in total. The lowest BCUT2D eigenvalue weighted by atomic mass is 9.80. The highest BCUT2D eigenvalue weighted by atomic mass is 15.3. The van der Waals surface area contributed by atoms with Crippen LogP contribution in [0.1, 0.15) is 50.0 Å². The van der Waals surface area contributed by atoms with Crippen LogP contribution in [-0.2, 0) is 13.5 Å². The maximum absolute atomic E-state index is 5.66. The molecule has 1 fully saturated rings. The Hall–Kier alpha value is -0.870. The van der Waals surface area contributed by atoms with Crippen LogP contribution in [0, 0.1) is 5.92 Å². The van der Waals surface area contributed by atoms with E-state index in [1.54, 1.807) is 0 Å². The third-order valence-electron chi connectivity index (χ3n) is 3.68. The molecule has 0 aliphatic heterocycles. The van der Waals surface area contributed by atoms with Gasteiger partial charge in [-0.15, -0.1) is 0 Å². The third-order valence-corrected chi connectivity index (χ3v) is 3.68. The van der Waals surface area contributed by atoms with Crippen molar-refractivity contribution in [1.29, 1.82) is 0 Å². The van der Waals surface area contributed by atoms with Crippen LogP contribution in [-0.4, -0.2) is 9.78 Å². The van der Waals surface area contributed by atoms with Crippen molar-refractivity contribution in [2.45, 2.75) is 45.1 Å². The molecule has 90 valence electrons. The second kappa shape index (κ2) is 4.97. The number of nitrogens with zero attached hydrogens (tertiary/aromatic N) is 2. The standard InChI is InChI=1S/C12H22N4/c1-3-10-8-12(16(2)15-10)11(14-13)7-9-5-4-6-9/h8-9,11,14H,3-7,13H2,1-2H3. The highest BCUT2D eigenvalue weighted by molar-refractivity contribution is 5.14. The lowest BCUT2D eigenvalue weighted by Crippen LogP contribution is -2.32. The van der Waals surface area contributed by atoms with Crippen molar-refractivity contribution in [2.75, 3.05) is 0 Å². The Balaban J connectivity index is 2.08. The average molecular weight is 222 g/mol. The summed E-state index contributed by atoms with van der Waals surface area (Å²) in [5.74, 6) is 6.51. The number of aryl methyl sites for hydroxylation is 2. The van der Waals surface area contributed by atoms with Gasteiger partial charge in [-0.2, -0.15) is 5.10 Å². The molecule has 0 amide bonds. The molecule has 1 aliphatic rings. The van der Waals surface area contributed by atoms with Crippen LogP contribution in [0.15, 0.2) is 6.07 Å². The van der Waals surface area contributed by atoms with Gasteiger partial charge in [0, 0.05) is 7.05 Å². The fourth-order valence-corrected chi connectivity index (χ4v) is 2.38. The molecule has 4 heteroatoms. The first kappa shape index (κ1) is 11.6. The predicted molar refractivity (Wildman–Crippen MR) is 64.6 cm³/mol. The molecule has 0 saturated heterocycles. The number of rotatable bonds is 5. The van der Waals surface area contributed by atoms with Gasteiger partial charge in [-0.3, -0.25) is 16.0 Å². The maximum atomic E-state index is 5.66. The molecule has 2 rings (SSSR count). The van der Waals surface area contributed by atoms with Gasteiger partial charge in [0.15, 0.2) is 0 Å². The maximum Gasteiger partial charge on any atom is 0.0631 e. The van der Waals surface area contributed by atoms with Gasteiger partial charge in [0.05, 0.1) is 17.4 Å². The Morgan fingerprint density at radius 3 is 2.81 bits per heavy atom. The van der Waals surface area contributed by atoms with Gasteiger partial charge in [0.2, 0.25) is 0 Å². The van der Waals surface area contributed by atoms with Gasteiger partial charge in [-0.05, 0) is 24.8 Å². The molecule has 16 heavy (non-hydrogen) atoms. The molecule has 0 radical (unpaired) electrons. The van der Waals surface area contributed by atoms with E-state index in [-0.39, 0.29) is 6.04 Å². The fourth-order valence-electron chi connectivity index (χ4n) is 2.38. The van der Waals surface area contributed by atoms with Crippen molar-refractivity contribution < 1.29 is 0 Å². The first-order valence-electron chi connectivity index (χ1n) is 6.23. The summed E-state index contributed by atoms with van der Waals surface area (Å²) in [6.07, 6.45) is 6.22. The summed E-state index contributed by atoms with van der Waals surface area (Å²) < 4.78 is 1.96. The monoisotopic (exact) mass is 222 g/mol. The second-order valence-corrected chi connectivity index (χ2v) is 4.79. The molecule has 1 atom stereocenters. The van der Waals surface area contributed by atoms with Crippen LogP contribution in [0.4, 0.5) is 0 Å². The number of nitrogens with two attached hydrogens (primary N) is 1. The molecule has 1 aromatic heterocycles. The summed E-state index contributed by atoms with van der Waals surface area (Å²) >= 11 is 0. The Morgan fingerprint density at radius 2 is 2.38 bits per heavy atom. The minimum atomic E-state index is 0.253. The Bertz CT molecular complexity index is 341. The third kappa shape index (κ3) is 2.28. The van der Waals surface area contributed by atoms with Crippen molar-refractivity contribution in [3.8, 4) is 0 Å². The largest absolute Gasteiger partial charge is 0.271 e. The minimum Gasteiger partial charge on any atom is -0.271 e. The van der Waals surface area contributed by atoms with Crippen molar-refractivity contribution in [3.05, 3.63) is 17.5 Å². The zero-order valence-corrected chi connectivity index (χ0v) is 10.2. The molecule has 3 N–H and O–H groups in total. The fraction of sp³-hybridized carbons (Fsp3) is 0.750. The molecule has 1 aliphatic carbocycles. The average Bonchev–Trinajstić information content (AvgIpc) is 2.59. The summed E-state index contributed by atoms with van der Waals surface area (Å²) in [5, 5.41) is 4.47. The van der Waals surface area contributed by atoms with E-state index in [0.717, 1.165) is 24.5 Å². The summed E-state index contributed by atoms with van der Waals surface area (Å²) in [6, 6.07) is 2.42. The van der Waals surface area contributed by atoms with Gasteiger partial charge in [-0.1, -0.05) is 26.2 Å². The van der Waals surface area contributed by atoms with E-state index in [1.807, 2.05) is 11.7 Å². The zero-order valence-electron chi connectivity index (χ0n) is 10.2. The first-order chi connectivity index (χ1) is 7.74. The summed E-state index contributed by atoms with van der Waals surface area (Å²) in [7, 11) is 2.00. The van der Waals surface area contributed by atoms with E-state index >= 15 is 0 Å². The Labute approximate surface area is 97.2 Å². The second-order valence-electron chi connectivity index (χ2n) is 4.79. The molecule has 0 spiro atoms. The van der Waals surface area contributed by atoms with E-state index in [9.17, 15) is 0 Å². The summed E-state index contributed by atoms with van der Waals surface area (Å²) in [6.45, 7) is 2.13. The normalized spacial score (nSPS) is 18.4. The molecule has 1 aromatic rings. The lowest BCUT2D eigenvalue weighted by Gasteiger charge is -2.29. The van der Waals surface area contributed by atoms with Crippen LogP contribution in [0.5, 0.6) is 0 Å². The van der Waals surface area contributed by atoms with E-state index < -0.39 is 0 Å². The zero-order chi connectivity index (χ0) is 11.5. The van der Waals surface area contributed by atoms with Crippen molar-refractivity contribution in [1.82, 2.24) is 15.2 Å². The molecular formula is C12H22N4. The topological polar surface area (TPSA) is 55.9 Å². The highest BCUT2D eigenvalue weighted by Crippen LogP contribution is 2.34. The van der Waals surface area contributed by atoms with E-state index in [4.69, 9.17) is 5.84 Å². The van der Waals surface area contributed by atoms with Crippen molar-refractivity contribution in [3.63, 3.8) is 0 Å². The smallest absolute Gasteiger partial charge is 0.0631 e. The van der Waals surface area contributed by atoms with E-state index in [1.165, 1.54) is 25.0 Å². The number of hydrogen-bond donors (Lipinski definition) is 2. The molecule has 1 saturated carbocycles. The number of aromatic nitrogens is 2. The predicted octanol–water partition coefficient (Wildman–Crippen LogP) is 1.68. The Morgan fingerprint density at radius 1 is 1.62 bits per heavy atom. The van der Waals surface area contributed by atoms with Crippen LogP contribution in [0.25, 0.3) is 0 Å². The quantitative estimate of drug-likeness (QED) is 0.588. The minimum absolute atomic E-state index is 0.253. The number of hydrogen-bond acceptors (Lipinski definition) is 3. The van der Waals surface area contributed by atoms with Gasteiger partial charge in [-0.25, -0.2) is 0 Å². The van der Waals surface area contributed by atoms with Gasteiger partial charge in [0.25, 0.3) is 0 Å². The lowest BCUT2D eigenvalue weighted by molar-refractivity contribution is 0.257. The first-order valence-corrected chi connectivity index (χ1v) is 6.23. The molecule has 1 heterocycles. The Kier molecular flexibility index (Phi) is 3.61. The summed E-state index contributed by atoms with van der Waals surface area (Å²) in [4.78, 5) is 0. The molecule has 1 unspecified atom stereocenters. The van der Waals surface area contributed by atoms with E-state index in [0.29, 0.717) is 0 Å². The molecular weight excluding hydrogens is 200 g/mol. The molecule has 0 bridgehead atoms. The highest BCUT2D eigenvalue weighted by Gasteiger charge is 2.24. The van der Waals surface area contributed by atoms with Gasteiger partial charge >= 0.3 is 0 Å². The SMILES string of the molecule is CCc1cc(C(CC2CCC2)NN)n(C)n1. The molecule has 0 aromatic carbocycles. The van der Waals surface area contributed by atoms with E-state index in [2.05, 4.69) is 23.5 Å². The van der Waals surface area contributed by atoms with Crippen molar-refractivity contribution >= 4 is 0 Å².